The van der Waals surface area contributed by atoms with Crippen LogP contribution in [0.4, 0.5) is 0 Å². The molecule has 0 aromatic carbocycles. The van der Waals surface area contributed by atoms with Gasteiger partial charge in [0, 0.05) is 37.8 Å². The van der Waals surface area contributed by atoms with Crippen LogP contribution in [0.2, 0.25) is 0 Å². The van der Waals surface area contributed by atoms with Gasteiger partial charge in [-0.15, -0.1) is 0 Å². The number of piperidine rings is 1. The number of fused-ring (bicyclic) bond motifs is 1. The summed E-state index contributed by atoms with van der Waals surface area (Å²) in [5, 5.41) is 0. The number of rotatable bonds is 1. The van der Waals surface area contributed by atoms with Crippen LogP contribution in [-0.4, -0.2) is 72.6 Å². The van der Waals surface area contributed by atoms with Gasteiger partial charge >= 0.3 is 0 Å². The molecule has 104 valence electrons. The summed E-state index contributed by atoms with van der Waals surface area (Å²) in [5.41, 5.74) is 0. The van der Waals surface area contributed by atoms with Crippen molar-refractivity contribution in [1.29, 1.82) is 0 Å². The summed E-state index contributed by atoms with van der Waals surface area (Å²) in [6, 6.07) is 2.46. The van der Waals surface area contributed by atoms with E-state index in [2.05, 4.69) is 35.6 Å². The van der Waals surface area contributed by atoms with Gasteiger partial charge in [0.05, 0.1) is 0 Å². The molecule has 0 spiro atoms. The third kappa shape index (κ3) is 2.33. The van der Waals surface area contributed by atoms with E-state index in [0.717, 1.165) is 24.0 Å². The van der Waals surface area contributed by atoms with Crippen LogP contribution in [0, 0.1) is 5.92 Å². The molecule has 3 aliphatic rings. The second-order valence-electron chi connectivity index (χ2n) is 6.93. The first kappa shape index (κ1) is 12.9. The molecule has 3 nitrogen and oxygen atoms in total. The Morgan fingerprint density at radius 3 is 2.56 bits per heavy atom. The van der Waals surface area contributed by atoms with Crippen molar-refractivity contribution in [3.05, 3.63) is 0 Å². The van der Waals surface area contributed by atoms with E-state index in [4.69, 9.17) is 0 Å². The summed E-state index contributed by atoms with van der Waals surface area (Å²) in [4.78, 5) is 8.09. The molecule has 3 saturated heterocycles. The van der Waals surface area contributed by atoms with E-state index < -0.39 is 0 Å². The Balaban J connectivity index is 1.67. The molecular weight excluding hydrogens is 222 g/mol. The first-order valence-corrected chi connectivity index (χ1v) is 7.83. The molecule has 0 N–H and O–H groups in total. The maximum atomic E-state index is 2.85. The summed E-state index contributed by atoms with van der Waals surface area (Å²) >= 11 is 0. The quantitative estimate of drug-likeness (QED) is 0.699. The second kappa shape index (κ2) is 5.10. The third-order valence-corrected chi connectivity index (χ3v) is 5.47. The van der Waals surface area contributed by atoms with Crippen molar-refractivity contribution in [2.45, 2.75) is 51.2 Å². The molecule has 3 heterocycles. The zero-order valence-electron chi connectivity index (χ0n) is 12.3. The molecule has 3 rings (SSSR count). The second-order valence-corrected chi connectivity index (χ2v) is 6.93. The van der Waals surface area contributed by atoms with Gasteiger partial charge in [-0.3, -0.25) is 9.80 Å². The summed E-state index contributed by atoms with van der Waals surface area (Å²) in [6.07, 6.45) is 4.23. The van der Waals surface area contributed by atoms with Crippen LogP contribution >= 0.6 is 0 Å². The molecule has 0 aromatic rings. The molecule has 4 atom stereocenters. The standard InChI is InChI=1S/C15H29N3/c1-12-9-16(3)8-6-15(12)18-11-14-5-4-7-17(14)10-13(18)2/h12-15H,4-11H2,1-3H3. The maximum absolute atomic E-state index is 2.85. The van der Waals surface area contributed by atoms with Crippen molar-refractivity contribution in [1.82, 2.24) is 14.7 Å². The lowest BCUT2D eigenvalue weighted by Crippen LogP contribution is -2.61. The summed E-state index contributed by atoms with van der Waals surface area (Å²) in [6.45, 7) is 11.5. The third-order valence-electron chi connectivity index (χ3n) is 5.47. The molecule has 3 fully saturated rings. The summed E-state index contributed by atoms with van der Waals surface area (Å²) in [7, 11) is 2.27. The topological polar surface area (TPSA) is 9.72 Å². The van der Waals surface area contributed by atoms with E-state index in [9.17, 15) is 0 Å². The average molecular weight is 251 g/mol. The minimum atomic E-state index is 0.759. The Labute approximate surface area is 112 Å². The predicted octanol–water partition coefficient (Wildman–Crippen LogP) is 1.50. The Hall–Kier alpha value is -0.120. The van der Waals surface area contributed by atoms with Crippen molar-refractivity contribution in [2.75, 3.05) is 39.8 Å². The van der Waals surface area contributed by atoms with Crippen molar-refractivity contribution in [2.24, 2.45) is 5.92 Å². The van der Waals surface area contributed by atoms with Crippen LogP contribution in [-0.2, 0) is 0 Å². The molecule has 0 aliphatic carbocycles. The van der Waals surface area contributed by atoms with Gasteiger partial charge in [-0.1, -0.05) is 6.92 Å². The van der Waals surface area contributed by atoms with Crippen LogP contribution in [0.15, 0.2) is 0 Å². The van der Waals surface area contributed by atoms with Crippen LogP contribution in [0.25, 0.3) is 0 Å². The number of piperazine rings is 1. The average Bonchev–Trinajstić information content (AvgIpc) is 2.75. The fourth-order valence-electron chi connectivity index (χ4n) is 4.51. The van der Waals surface area contributed by atoms with Gasteiger partial charge in [0.25, 0.3) is 0 Å². The number of likely N-dealkylation sites (tertiary alicyclic amines) is 1. The molecule has 0 radical (unpaired) electrons. The van der Waals surface area contributed by atoms with E-state index in [1.165, 1.54) is 52.0 Å². The van der Waals surface area contributed by atoms with E-state index in [1.54, 1.807) is 0 Å². The Bertz CT molecular complexity index is 293. The van der Waals surface area contributed by atoms with Crippen molar-refractivity contribution < 1.29 is 0 Å². The van der Waals surface area contributed by atoms with Gasteiger partial charge in [0.1, 0.15) is 0 Å². The SMILES string of the molecule is CC1CN(C)CCC1N1CC2CCCN2CC1C. The lowest BCUT2D eigenvalue weighted by Gasteiger charge is -2.50. The van der Waals surface area contributed by atoms with E-state index >= 15 is 0 Å². The lowest BCUT2D eigenvalue weighted by atomic mass is 9.90. The molecule has 4 unspecified atom stereocenters. The zero-order chi connectivity index (χ0) is 12.7. The van der Waals surface area contributed by atoms with Crippen LogP contribution in [0.3, 0.4) is 0 Å². The van der Waals surface area contributed by atoms with Crippen molar-refractivity contribution in [3.8, 4) is 0 Å². The normalized spacial score (nSPS) is 44.2. The smallest absolute Gasteiger partial charge is 0.0224 e. The first-order valence-electron chi connectivity index (χ1n) is 7.83. The molecule has 3 aliphatic heterocycles. The molecule has 0 aromatic heterocycles. The first-order chi connectivity index (χ1) is 8.65. The molecule has 0 amide bonds. The monoisotopic (exact) mass is 251 g/mol. The van der Waals surface area contributed by atoms with Gasteiger partial charge in [-0.05, 0) is 52.2 Å². The largest absolute Gasteiger partial charge is 0.306 e. The highest BCUT2D eigenvalue weighted by atomic mass is 15.3. The minimum absolute atomic E-state index is 0.759. The molecule has 0 bridgehead atoms. The van der Waals surface area contributed by atoms with Gasteiger partial charge < -0.3 is 4.90 Å². The highest BCUT2D eigenvalue weighted by Crippen LogP contribution is 2.30. The van der Waals surface area contributed by atoms with Crippen LogP contribution in [0.1, 0.15) is 33.1 Å². The van der Waals surface area contributed by atoms with Crippen molar-refractivity contribution >= 4 is 0 Å². The number of hydrogen-bond acceptors (Lipinski definition) is 3. The Kier molecular flexibility index (Phi) is 3.65. The minimum Gasteiger partial charge on any atom is -0.306 e. The number of nitrogens with zero attached hydrogens (tertiary/aromatic N) is 3. The highest BCUT2D eigenvalue weighted by molar-refractivity contribution is 4.95. The van der Waals surface area contributed by atoms with Crippen LogP contribution < -0.4 is 0 Å². The zero-order valence-corrected chi connectivity index (χ0v) is 12.3. The molecule has 18 heavy (non-hydrogen) atoms. The molecule has 0 saturated carbocycles. The number of hydrogen-bond donors (Lipinski definition) is 0. The summed E-state index contributed by atoms with van der Waals surface area (Å²) in [5.74, 6) is 0.833. The van der Waals surface area contributed by atoms with Gasteiger partial charge in [-0.25, -0.2) is 0 Å². The summed E-state index contributed by atoms with van der Waals surface area (Å²) < 4.78 is 0. The predicted molar refractivity (Wildman–Crippen MR) is 75.8 cm³/mol. The Morgan fingerprint density at radius 1 is 0.944 bits per heavy atom. The van der Waals surface area contributed by atoms with Gasteiger partial charge in [-0.2, -0.15) is 0 Å². The van der Waals surface area contributed by atoms with Gasteiger partial charge in [0.15, 0.2) is 0 Å². The molecular formula is C15H29N3. The van der Waals surface area contributed by atoms with E-state index in [0.29, 0.717) is 0 Å². The van der Waals surface area contributed by atoms with Crippen molar-refractivity contribution in [3.63, 3.8) is 0 Å². The van der Waals surface area contributed by atoms with E-state index in [1.807, 2.05) is 0 Å². The van der Waals surface area contributed by atoms with E-state index in [-0.39, 0.29) is 0 Å². The van der Waals surface area contributed by atoms with Gasteiger partial charge in [0.2, 0.25) is 0 Å². The fraction of sp³-hybridized carbons (Fsp3) is 1.00. The van der Waals surface area contributed by atoms with Crippen LogP contribution in [0.5, 0.6) is 0 Å². The lowest BCUT2D eigenvalue weighted by molar-refractivity contribution is -0.0127. The molecule has 3 heteroatoms. The highest BCUT2D eigenvalue weighted by Gasteiger charge is 2.39. The Morgan fingerprint density at radius 2 is 1.78 bits per heavy atom. The maximum Gasteiger partial charge on any atom is 0.0224 e. The fourth-order valence-corrected chi connectivity index (χ4v) is 4.51.